The number of hydrogen-bond donors (Lipinski definition) is 1. The molecule has 0 aliphatic carbocycles. The number of methoxy groups -OCH3 is 1. The normalized spacial score (nSPS) is 11.7. The molecule has 0 aliphatic heterocycles. The van der Waals surface area contributed by atoms with Crippen molar-refractivity contribution in [3.63, 3.8) is 0 Å². The number of fused-ring (bicyclic) bond motifs is 5. The Labute approximate surface area is 137 Å². The quantitative estimate of drug-likeness (QED) is 0.571. The number of ether oxygens (including phenoxy) is 1. The highest BCUT2D eigenvalue weighted by Crippen LogP contribution is 2.38. The highest BCUT2D eigenvalue weighted by molar-refractivity contribution is 6.32. The van der Waals surface area contributed by atoms with Gasteiger partial charge in [-0.1, -0.05) is 17.7 Å². The number of pyridine rings is 1. The minimum Gasteiger partial charge on any atom is -0.494 e. The number of H-pyrrole nitrogens is 1. The molecule has 2 aromatic heterocycles. The van der Waals surface area contributed by atoms with Gasteiger partial charge in [-0.05, 0) is 24.6 Å². The Hall–Kier alpha value is -2.46. The van der Waals surface area contributed by atoms with Crippen molar-refractivity contribution in [2.24, 2.45) is 7.05 Å². The molecule has 0 saturated carbocycles. The topological polar surface area (TPSA) is 47.0 Å². The van der Waals surface area contributed by atoms with Gasteiger partial charge in [-0.15, -0.1) is 0 Å². The van der Waals surface area contributed by atoms with Gasteiger partial charge in [0.25, 0.3) is 5.56 Å². The number of aromatic nitrogens is 2. The largest absolute Gasteiger partial charge is 0.494 e. The zero-order valence-corrected chi connectivity index (χ0v) is 13.8. The number of rotatable bonds is 1. The van der Waals surface area contributed by atoms with Crippen molar-refractivity contribution >= 4 is 44.3 Å². The van der Waals surface area contributed by atoms with Crippen LogP contribution in [0.4, 0.5) is 0 Å². The first-order chi connectivity index (χ1) is 11.0. The summed E-state index contributed by atoms with van der Waals surface area (Å²) in [5, 5.41) is 3.87. The van der Waals surface area contributed by atoms with Crippen molar-refractivity contribution < 1.29 is 4.74 Å². The maximum Gasteiger partial charge on any atom is 0.251 e. The average Bonchev–Trinajstić information content (AvgIpc) is 2.87. The lowest BCUT2D eigenvalue weighted by molar-refractivity contribution is 0.418. The van der Waals surface area contributed by atoms with E-state index in [4.69, 9.17) is 16.3 Å². The molecular formula is C18H15ClN2O2. The predicted molar refractivity (Wildman–Crippen MR) is 94.9 cm³/mol. The van der Waals surface area contributed by atoms with Crippen molar-refractivity contribution in [3.05, 3.63) is 51.3 Å². The van der Waals surface area contributed by atoms with Gasteiger partial charge in [0.15, 0.2) is 0 Å². The third kappa shape index (κ3) is 1.88. The van der Waals surface area contributed by atoms with Crippen molar-refractivity contribution in [1.29, 1.82) is 0 Å². The molecule has 0 unspecified atom stereocenters. The summed E-state index contributed by atoms with van der Waals surface area (Å²) in [6, 6.07) is 9.39. The lowest BCUT2D eigenvalue weighted by atomic mass is 10.0. The summed E-state index contributed by atoms with van der Waals surface area (Å²) >= 11 is 6.11. The minimum absolute atomic E-state index is 0.0458. The van der Waals surface area contributed by atoms with Gasteiger partial charge in [-0.25, -0.2) is 0 Å². The van der Waals surface area contributed by atoms with Crippen LogP contribution in [0.2, 0.25) is 5.02 Å². The van der Waals surface area contributed by atoms with Crippen LogP contribution < -0.4 is 10.3 Å². The molecular weight excluding hydrogens is 312 g/mol. The van der Waals surface area contributed by atoms with E-state index in [9.17, 15) is 4.79 Å². The molecule has 5 heteroatoms. The molecule has 0 aliphatic rings. The predicted octanol–water partition coefficient (Wildman–Crippen LogP) is 4.14. The molecule has 4 nitrogen and oxygen atoms in total. The van der Waals surface area contributed by atoms with Gasteiger partial charge in [0.1, 0.15) is 5.75 Å². The van der Waals surface area contributed by atoms with Crippen LogP contribution in [0.15, 0.2) is 35.1 Å². The van der Waals surface area contributed by atoms with Crippen molar-refractivity contribution in [2.45, 2.75) is 6.92 Å². The van der Waals surface area contributed by atoms with Crippen LogP contribution in [-0.2, 0) is 7.05 Å². The zero-order chi connectivity index (χ0) is 16.3. The smallest absolute Gasteiger partial charge is 0.251 e. The SMILES string of the molecule is COc1cc2[nH]c3cc(Cl)ccc3c2c2c(C)cc(=O)n(C)c12. The second-order valence-electron chi connectivity index (χ2n) is 5.76. The summed E-state index contributed by atoms with van der Waals surface area (Å²) in [5.41, 5.74) is 3.63. The standard InChI is InChI=1S/C18H15ClN2O2/c1-9-6-15(22)21(2)18-14(23-3)8-13-17(16(9)18)11-5-4-10(19)7-12(11)20-13/h4-8,20H,1-3H3. The molecule has 0 spiro atoms. The highest BCUT2D eigenvalue weighted by Gasteiger charge is 2.17. The summed E-state index contributed by atoms with van der Waals surface area (Å²) in [5.74, 6) is 0.674. The molecule has 2 aromatic carbocycles. The van der Waals surface area contributed by atoms with Gasteiger partial charge in [0.2, 0.25) is 0 Å². The molecule has 4 rings (SSSR count). The molecule has 0 bridgehead atoms. The van der Waals surface area contributed by atoms with E-state index in [2.05, 4.69) is 4.98 Å². The molecule has 23 heavy (non-hydrogen) atoms. The molecule has 116 valence electrons. The van der Waals surface area contributed by atoms with Gasteiger partial charge in [-0.3, -0.25) is 4.79 Å². The summed E-state index contributed by atoms with van der Waals surface area (Å²) in [6.07, 6.45) is 0. The number of nitrogens with zero attached hydrogens (tertiary/aromatic N) is 1. The van der Waals surface area contributed by atoms with Gasteiger partial charge >= 0.3 is 0 Å². The second kappa shape index (κ2) is 4.77. The number of benzene rings is 2. The summed E-state index contributed by atoms with van der Waals surface area (Å²) < 4.78 is 7.17. The first kappa shape index (κ1) is 14.2. The number of aryl methyl sites for hydroxylation is 2. The Balaban J connectivity index is 2.38. The molecule has 0 saturated heterocycles. The van der Waals surface area contributed by atoms with Crippen LogP contribution in [0.3, 0.4) is 0 Å². The zero-order valence-electron chi connectivity index (χ0n) is 13.0. The van der Waals surface area contributed by atoms with Crippen LogP contribution in [0.25, 0.3) is 32.7 Å². The minimum atomic E-state index is -0.0458. The number of aromatic amines is 1. The van der Waals surface area contributed by atoms with E-state index in [1.165, 1.54) is 0 Å². The van der Waals surface area contributed by atoms with E-state index in [0.29, 0.717) is 10.8 Å². The first-order valence-electron chi connectivity index (χ1n) is 7.29. The first-order valence-corrected chi connectivity index (χ1v) is 7.67. The fourth-order valence-corrected chi connectivity index (χ4v) is 3.52. The summed E-state index contributed by atoms with van der Waals surface area (Å²) in [7, 11) is 3.39. The highest BCUT2D eigenvalue weighted by atomic mass is 35.5. The van der Waals surface area contributed by atoms with Crippen LogP contribution in [0.5, 0.6) is 5.75 Å². The summed E-state index contributed by atoms with van der Waals surface area (Å²) in [4.78, 5) is 15.6. The van der Waals surface area contributed by atoms with E-state index in [1.807, 2.05) is 31.2 Å². The molecule has 0 radical (unpaired) electrons. The lowest BCUT2D eigenvalue weighted by Gasteiger charge is -2.13. The Bertz CT molecular complexity index is 1160. The third-order valence-electron chi connectivity index (χ3n) is 4.41. The molecule has 0 amide bonds. The van der Waals surface area contributed by atoms with Crippen LogP contribution in [0, 0.1) is 6.92 Å². The monoisotopic (exact) mass is 326 g/mol. The van der Waals surface area contributed by atoms with E-state index in [0.717, 1.165) is 38.3 Å². The Morgan fingerprint density at radius 3 is 2.65 bits per heavy atom. The van der Waals surface area contributed by atoms with Crippen LogP contribution in [-0.4, -0.2) is 16.7 Å². The molecule has 0 fully saturated rings. The molecule has 2 heterocycles. The lowest BCUT2D eigenvalue weighted by Crippen LogP contribution is -2.17. The second-order valence-corrected chi connectivity index (χ2v) is 6.20. The van der Waals surface area contributed by atoms with Crippen LogP contribution in [0.1, 0.15) is 5.56 Å². The van der Waals surface area contributed by atoms with Crippen LogP contribution >= 0.6 is 11.6 Å². The van der Waals surface area contributed by atoms with Gasteiger partial charge in [0.05, 0.1) is 18.1 Å². The number of hydrogen-bond acceptors (Lipinski definition) is 2. The Kier molecular flexibility index (Phi) is 2.93. The van der Waals surface area contributed by atoms with E-state index >= 15 is 0 Å². The number of nitrogens with one attached hydrogen (secondary N) is 1. The van der Waals surface area contributed by atoms with Gasteiger partial charge < -0.3 is 14.3 Å². The Morgan fingerprint density at radius 1 is 1.13 bits per heavy atom. The van der Waals surface area contributed by atoms with Crippen molar-refractivity contribution in [1.82, 2.24) is 9.55 Å². The molecule has 4 aromatic rings. The van der Waals surface area contributed by atoms with E-state index in [-0.39, 0.29) is 5.56 Å². The number of halogens is 1. The van der Waals surface area contributed by atoms with Crippen molar-refractivity contribution in [3.8, 4) is 5.75 Å². The third-order valence-corrected chi connectivity index (χ3v) is 4.64. The maximum absolute atomic E-state index is 12.2. The molecule has 0 atom stereocenters. The van der Waals surface area contributed by atoms with Gasteiger partial charge in [-0.2, -0.15) is 0 Å². The summed E-state index contributed by atoms with van der Waals surface area (Å²) in [6.45, 7) is 1.96. The van der Waals surface area contributed by atoms with Crippen molar-refractivity contribution in [2.75, 3.05) is 7.11 Å². The van der Waals surface area contributed by atoms with Gasteiger partial charge in [0, 0.05) is 45.9 Å². The average molecular weight is 327 g/mol. The maximum atomic E-state index is 12.2. The van der Waals surface area contributed by atoms with E-state index < -0.39 is 0 Å². The van der Waals surface area contributed by atoms with E-state index in [1.54, 1.807) is 24.8 Å². The Morgan fingerprint density at radius 2 is 1.91 bits per heavy atom. The fraction of sp³-hybridized carbons (Fsp3) is 0.167. The molecule has 1 N–H and O–H groups in total. The fourth-order valence-electron chi connectivity index (χ4n) is 3.35.